The van der Waals surface area contributed by atoms with Crippen molar-refractivity contribution >= 4 is 27.3 Å². The minimum atomic E-state index is 0.122. The molecule has 1 fully saturated rings. The monoisotopic (exact) mass is 331 g/mol. The Labute approximate surface area is 122 Å². The standard InChI is InChI=1S/C14H22BrNOS/c1-4-16-11(9-14(17-3)6-5-7-14)12-8-10(2)13(15)18-12/h8,11,16H,4-7,9H2,1-3H3. The fraction of sp³-hybridized carbons (Fsp3) is 0.714. The van der Waals surface area contributed by atoms with Crippen LogP contribution in [0.25, 0.3) is 0 Å². The summed E-state index contributed by atoms with van der Waals surface area (Å²) < 4.78 is 7.01. The molecule has 1 saturated carbocycles. The van der Waals surface area contributed by atoms with Gasteiger partial charge in [0, 0.05) is 18.0 Å². The lowest BCUT2D eigenvalue weighted by Gasteiger charge is -2.42. The molecule has 0 aliphatic heterocycles. The number of aryl methyl sites for hydroxylation is 1. The van der Waals surface area contributed by atoms with Crippen LogP contribution in [0.3, 0.4) is 0 Å². The predicted octanol–water partition coefficient (Wildman–Crippen LogP) is 4.43. The van der Waals surface area contributed by atoms with Crippen LogP contribution in [0.15, 0.2) is 9.85 Å². The van der Waals surface area contributed by atoms with Crippen molar-refractivity contribution in [3.8, 4) is 0 Å². The van der Waals surface area contributed by atoms with Crippen molar-refractivity contribution in [1.82, 2.24) is 5.32 Å². The zero-order valence-electron chi connectivity index (χ0n) is 11.4. The van der Waals surface area contributed by atoms with E-state index in [1.165, 1.54) is 33.5 Å². The van der Waals surface area contributed by atoms with Crippen LogP contribution in [0.5, 0.6) is 0 Å². The van der Waals surface area contributed by atoms with Crippen LogP contribution in [0.1, 0.15) is 49.1 Å². The van der Waals surface area contributed by atoms with E-state index < -0.39 is 0 Å². The Morgan fingerprint density at radius 1 is 1.56 bits per heavy atom. The van der Waals surface area contributed by atoms with Gasteiger partial charge in [-0.05, 0) is 66.7 Å². The summed E-state index contributed by atoms with van der Waals surface area (Å²) in [5.74, 6) is 0. The number of ether oxygens (including phenoxy) is 1. The van der Waals surface area contributed by atoms with Gasteiger partial charge in [-0.2, -0.15) is 0 Å². The molecule has 1 aliphatic rings. The molecule has 1 unspecified atom stereocenters. The lowest BCUT2D eigenvalue weighted by molar-refractivity contribution is -0.0835. The molecule has 1 N–H and O–H groups in total. The van der Waals surface area contributed by atoms with Crippen molar-refractivity contribution in [3.63, 3.8) is 0 Å². The molecule has 0 spiro atoms. The molecule has 2 nitrogen and oxygen atoms in total. The van der Waals surface area contributed by atoms with Gasteiger partial charge >= 0.3 is 0 Å². The largest absolute Gasteiger partial charge is 0.378 e. The molecule has 0 bridgehead atoms. The van der Waals surface area contributed by atoms with Crippen LogP contribution in [0.2, 0.25) is 0 Å². The molecule has 4 heteroatoms. The molecule has 1 aliphatic carbocycles. The average molecular weight is 332 g/mol. The second-order valence-electron chi connectivity index (χ2n) is 5.16. The maximum Gasteiger partial charge on any atom is 0.0731 e. The SMILES string of the molecule is CCNC(CC1(OC)CCC1)c1cc(C)c(Br)s1. The molecule has 1 heterocycles. The van der Waals surface area contributed by atoms with Gasteiger partial charge in [0.1, 0.15) is 0 Å². The van der Waals surface area contributed by atoms with Gasteiger partial charge < -0.3 is 10.1 Å². The second kappa shape index (κ2) is 6.04. The topological polar surface area (TPSA) is 21.3 Å². The first-order valence-electron chi connectivity index (χ1n) is 6.64. The van der Waals surface area contributed by atoms with Gasteiger partial charge in [-0.25, -0.2) is 0 Å². The van der Waals surface area contributed by atoms with E-state index >= 15 is 0 Å². The number of hydrogen-bond donors (Lipinski definition) is 1. The Hall–Kier alpha value is 0.1000. The Morgan fingerprint density at radius 3 is 2.67 bits per heavy atom. The third-order valence-corrected chi connectivity index (χ3v) is 6.19. The molecule has 1 aromatic rings. The Kier molecular flexibility index (Phi) is 4.86. The number of rotatable bonds is 6. The molecule has 1 aromatic heterocycles. The summed E-state index contributed by atoms with van der Waals surface area (Å²) in [5, 5.41) is 3.61. The van der Waals surface area contributed by atoms with E-state index in [4.69, 9.17) is 4.74 Å². The quantitative estimate of drug-likeness (QED) is 0.832. The second-order valence-corrected chi connectivity index (χ2v) is 7.56. The molecule has 0 radical (unpaired) electrons. The Bertz CT molecular complexity index is 375. The zero-order valence-corrected chi connectivity index (χ0v) is 13.8. The van der Waals surface area contributed by atoms with E-state index in [1.54, 1.807) is 0 Å². The summed E-state index contributed by atoms with van der Waals surface area (Å²) in [6.07, 6.45) is 4.80. The average Bonchev–Trinajstić information content (AvgIpc) is 2.63. The number of halogens is 1. The molecular formula is C14H22BrNOS. The van der Waals surface area contributed by atoms with Crippen LogP contribution in [0.4, 0.5) is 0 Å². The normalized spacial score (nSPS) is 19.6. The van der Waals surface area contributed by atoms with Gasteiger partial charge in [-0.1, -0.05) is 6.92 Å². The van der Waals surface area contributed by atoms with Crippen molar-refractivity contribution < 1.29 is 4.74 Å². The van der Waals surface area contributed by atoms with E-state index in [2.05, 4.69) is 41.2 Å². The number of thiophene rings is 1. The van der Waals surface area contributed by atoms with Crippen molar-refractivity contribution in [2.45, 2.75) is 51.2 Å². The summed E-state index contributed by atoms with van der Waals surface area (Å²) >= 11 is 5.47. The van der Waals surface area contributed by atoms with Crippen molar-refractivity contribution in [3.05, 3.63) is 20.3 Å². The van der Waals surface area contributed by atoms with Gasteiger partial charge in [0.25, 0.3) is 0 Å². The summed E-state index contributed by atoms with van der Waals surface area (Å²) in [7, 11) is 1.86. The lowest BCUT2D eigenvalue weighted by atomic mass is 9.75. The fourth-order valence-electron chi connectivity index (χ4n) is 2.61. The zero-order chi connectivity index (χ0) is 13.2. The summed E-state index contributed by atoms with van der Waals surface area (Å²) in [5.41, 5.74) is 1.45. The highest BCUT2D eigenvalue weighted by Crippen LogP contribution is 2.43. The summed E-state index contributed by atoms with van der Waals surface area (Å²) in [6.45, 7) is 5.32. The van der Waals surface area contributed by atoms with E-state index in [-0.39, 0.29) is 5.60 Å². The van der Waals surface area contributed by atoms with E-state index in [0.717, 1.165) is 13.0 Å². The van der Waals surface area contributed by atoms with Crippen molar-refractivity contribution in [2.75, 3.05) is 13.7 Å². The highest BCUT2D eigenvalue weighted by atomic mass is 79.9. The maximum absolute atomic E-state index is 5.76. The van der Waals surface area contributed by atoms with Crippen molar-refractivity contribution in [2.24, 2.45) is 0 Å². The van der Waals surface area contributed by atoms with Gasteiger partial charge in [0.2, 0.25) is 0 Å². The Morgan fingerprint density at radius 2 is 2.28 bits per heavy atom. The molecule has 0 saturated heterocycles. The minimum Gasteiger partial charge on any atom is -0.378 e. The van der Waals surface area contributed by atoms with Crippen LogP contribution in [-0.2, 0) is 4.74 Å². The van der Waals surface area contributed by atoms with Crippen molar-refractivity contribution in [1.29, 1.82) is 0 Å². The number of nitrogens with one attached hydrogen (secondary N) is 1. The molecule has 1 atom stereocenters. The van der Waals surface area contributed by atoms with E-state index in [9.17, 15) is 0 Å². The first-order chi connectivity index (χ1) is 8.60. The predicted molar refractivity (Wildman–Crippen MR) is 81.4 cm³/mol. The Balaban J connectivity index is 2.12. The van der Waals surface area contributed by atoms with E-state index in [1.807, 2.05) is 18.4 Å². The molecular weight excluding hydrogens is 310 g/mol. The molecule has 18 heavy (non-hydrogen) atoms. The van der Waals surface area contributed by atoms with Crippen LogP contribution < -0.4 is 5.32 Å². The lowest BCUT2D eigenvalue weighted by Crippen LogP contribution is -2.42. The van der Waals surface area contributed by atoms with Gasteiger partial charge in [-0.3, -0.25) is 0 Å². The van der Waals surface area contributed by atoms with Gasteiger partial charge in [-0.15, -0.1) is 11.3 Å². The third kappa shape index (κ3) is 2.98. The first kappa shape index (κ1) is 14.5. The van der Waals surface area contributed by atoms with Crippen LogP contribution in [-0.4, -0.2) is 19.3 Å². The fourth-order valence-corrected chi connectivity index (χ4v) is 4.26. The van der Waals surface area contributed by atoms with Gasteiger partial charge in [0.05, 0.1) is 9.39 Å². The molecule has 2 rings (SSSR count). The van der Waals surface area contributed by atoms with Crippen LogP contribution >= 0.6 is 27.3 Å². The highest BCUT2D eigenvalue weighted by Gasteiger charge is 2.39. The molecule has 0 aromatic carbocycles. The molecule has 102 valence electrons. The van der Waals surface area contributed by atoms with Crippen LogP contribution in [0, 0.1) is 6.92 Å². The summed E-state index contributed by atoms with van der Waals surface area (Å²) in [6, 6.07) is 2.72. The highest BCUT2D eigenvalue weighted by molar-refractivity contribution is 9.11. The third-order valence-electron chi connectivity index (χ3n) is 3.94. The number of hydrogen-bond acceptors (Lipinski definition) is 3. The maximum atomic E-state index is 5.76. The van der Waals surface area contributed by atoms with E-state index in [0.29, 0.717) is 6.04 Å². The number of methoxy groups -OCH3 is 1. The molecule has 0 amide bonds. The first-order valence-corrected chi connectivity index (χ1v) is 8.25. The summed E-state index contributed by atoms with van der Waals surface area (Å²) in [4.78, 5) is 1.42. The van der Waals surface area contributed by atoms with Gasteiger partial charge in [0.15, 0.2) is 0 Å². The minimum absolute atomic E-state index is 0.122. The smallest absolute Gasteiger partial charge is 0.0731 e.